The van der Waals surface area contributed by atoms with E-state index < -0.39 is 5.97 Å². The van der Waals surface area contributed by atoms with Crippen LogP contribution in [-0.4, -0.2) is 43.5 Å². The number of methoxy groups -OCH3 is 1. The van der Waals surface area contributed by atoms with Crippen molar-refractivity contribution in [3.63, 3.8) is 0 Å². The highest BCUT2D eigenvalue weighted by molar-refractivity contribution is 5.86. The lowest BCUT2D eigenvalue weighted by Crippen LogP contribution is -2.42. The van der Waals surface area contributed by atoms with E-state index >= 15 is 0 Å². The van der Waals surface area contributed by atoms with Crippen LogP contribution in [0.15, 0.2) is 16.5 Å². The van der Waals surface area contributed by atoms with Gasteiger partial charge in [-0.05, 0) is 26.0 Å². The number of ether oxygens (including phenoxy) is 1. The molecule has 0 aliphatic heterocycles. The summed E-state index contributed by atoms with van der Waals surface area (Å²) in [4.78, 5) is 24.7. The third kappa shape index (κ3) is 4.10. The lowest BCUT2D eigenvalue weighted by Gasteiger charge is -2.20. The maximum atomic E-state index is 11.8. The van der Waals surface area contributed by atoms with Crippen LogP contribution in [0, 0.1) is 0 Å². The summed E-state index contributed by atoms with van der Waals surface area (Å²) >= 11 is 0. The van der Waals surface area contributed by atoms with E-state index in [4.69, 9.17) is 4.42 Å². The molecule has 0 aromatic carbocycles. The quantitative estimate of drug-likeness (QED) is 0.780. The molecule has 0 spiro atoms. The maximum Gasteiger partial charge on any atom is 0.373 e. The second-order valence-electron chi connectivity index (χ2n) is 4.21. The van der Waals surface area contributed by atoms with Crippen molar-refractivity contribution in [2.45, 2.75) is 26.4 Å². The second kappa shape index (κ2) is 6.94. The normalized spacial score (nSPS) is 12.0. The summed E-state index contributed by atoms with van der Waals surface area (Å²) in [5.74, 6) is 0.242. The zero-order valence-corrected chi connectivity index (χ0v) is 11.7. The van der Waals surface area contributed by atoms with Gasteiger partial charge in [0.1, 0.15) is 5.76 Å². The predicted molar refractivity (Wildman–Crippen MR) is 69.7 cm³/mol. The Morgan fingerprint density at radius 1 is 1.47 bits per heavy atom. The van der Waals surface area contributed by atoms with Crippen molar-refractivity contribution in [2.75, 3.05) is 20.7 Å². The summed E-state index contributed by atoms with van der Waals surface area (Å²) in [6, 6.07) is 2.92. The molecular weight excluding hydrogens is 248 g/mol. The van der Waals surface area contributed by atoms with Gasteiger partial charge in [0.15, 0.2) is 0 Å². The summed E-state index contributed by atoms with van der Waals surface area (Å²) in [6.07, 6.45) is 0. The first kappa shape index (κ1) is 15.2. The molecule has 1 rings (SSSR count). The van der Waals surface area contributed by atoms with E-state index in [1.54, 1.807) is 31.0 Å². The van der Waals surface area contributed by atoms with E-state index in [9.17, 15) is 9.59 Å². The molecule has 0 aliphatic carbocycles. The number of carbonyl (C=O) groups is 2. The summed E-state index contributed by atoms with van der Waals surface area (Å²) in [5.41, 5.74) is 0. The topological polar surface area (TPSA) is 71.8 Å². The molecule has 0 aliphatic rings. The lowest BCUT2D eigenvalue weighted by atomic mass is 10.3. The zero-order valence-electron chi connectivity index (χ0n) is 11.7. The number of hydrogen-bond acceptors (Lipinski definition) is 5. The summed E-state index contributed by atoms with van der Waals surface area (Å²) in [7, 11) is 3.05. The minimum absolute atomic E-state index is 0.0160. The molecule has 19 heavy (non-hydrogen) atoms. The first-order valence-electron chi connectivity index (χ1n) is 6.15. The minimum Gasteiger partial charge on any atom is -0.463 e. The third-order valence-electron chi connectivity index (χ3n) is 2.85. The van der Waals surface area contributed by atoms with Crippen molar-refractivity contribution in [1.82, 2.24) is 10.2 Å². The van der Waals surface area contributed by atoms with Gasteiger partial charge in [0.2, 0.25) is 11.7 Å². The Morgan fingerprint density at radius 3 is 2.74 bits per heavy atom. The average molecular weight is 268 g/mol. The van der Waals surface area contributed by atoms with Crippen LogP contribution in [0.2, 0.25) is 0 Å². The number of carbonyl (C=O) groups excluding carboxylic acids is 2. The van der Waals surface area contributed by atoms with Crippen molar-refractivity contribution in [3.05, 3.63) is 23.7 Å². The lowest BCUT2D eigenvalue weighted by molar-refractivity contribution is -0.131. The van der Waals surface area contributed by atoms with Crippen LogP contribution < -0.4 is 5.32 Å². The Bertz CT molecular complexity index is 442. The number of nitrogens with zero attached hydrogens (tertiary/aromatic N) is 1. The molecule has 1 amide bonds. The molecule has 1 unspecified atom stereocenters. The van der Waals surface area contributed by atoms with Crippen LogP contribution in [0.1, 0.15) is 30.2 Å². The number of rotatable bonds is 6. The van der Waals surface area contributed by atoms with Crippen molar-refractivity contribution in [3.8, 4) is 0 Å². The monoisotopic (exact) mass is 268 g/mol. The molecule has 1 aromatic heterocycles. The number of esters is 1. The third-order valence-corrected chi connectivity index (χ3v) is 2.85. The van der Waals surface area contributed by atoms with Gasteiger partial charge in [-0.3, -0.25) is 10.1 Å². The Morgan fingerprint density at radius 2 is 2.16 bits per heavy atom. The van der Waals surface area contributed by atoms with Crippen molar-refractivity contribution in [1.29, 1.82) is 0 Å². The highest BCUT2D eigenvalue weighted by atomic mass is 16.5. The molecular formula is C13H20N2O4. The summed E-state index contributed by atoms with van der Waals surface area (Å²) in [6.45, 7) is 4.75. The Balaban J connectivity index is 2.50. The molecule has 106 valence electrons. The van der Waals surface area contributed by atoms with Crippen LogP contribution >= 0.6 is 0 Å². The first-order chi connectivity index (χ1) is 8.99. The van der Waals surface area contributed by atoms with Crippen LogP contribution in [0.3, 0.4) is 0 Å². The van der Waals surface area contributed by atoms with Gasteiger partial charge in [-0.1, -0.05) is 0 Å². The highest BCUT2D eigenvalue weighted by Gasteiger charge is 2.17. The number of furan rings is 1. The number of likely N-dealkylation sites (N-methyl/N-ethyl adjacent to an activating group) is 1. The maximum absolute atomic E-state index is 11.8. The summed E-state index contributed by atoms with van der Waals surface area (Å²) in [5, 5.41) is 3.05. The Hall–Kier alpha value is -1.82. The van der Waals surface area contributed by atoms with Crippen LogP contribution in [0.25, 0.3) is 0 Å². The van der Waals surface area contributed by atoms with E-state index in [-0.39, 0.29) is 17.7 Å². The molecule has 0 fully saturated rings. The van der Waals surface area contributed by atoms with Crippen LogP contribution in [-0.2, 0) is 16.1 Å². The molecule has 6 heteroatoms. The van der Waals surface area contributed by atoms with Gasteiger partial charge >= 0.3 is 5.97 Å². The first-order valence-corrected chi connectivity index (χ1v) is 6.15. The standard InChI is InChI=1S/C13H20N2O4/c1-5-15(3)12(16)9(2)14-8-10-6-7-11(19-10)13(17)18-4/h6-7,9,14H,5,8H2,1-4H3. The highest BCUT2D eigenvalue weighted by Crippen LogP contribution is 2.09. The van der Waals surface area contributed by atoms with Crippen molar-refractivity contribution >= 4 is 11.9 Å². The number of nitrogens with one attached hydrogen (secondary N) is 1. The van der Waals surface area contributed by atoms with E-state index in [0.29, 0.717) is 18.8 Å². The minimum atomic E-state index is -0.513. The molecule has 1 atom stereocenters. The summed E-state index contributed by atoms with van der Waals surface area (Å²) < 4.78 is 9.84. The van der Waals surface area contributed by atoms with Gasteiger partial charge in [0, 0.05) is 13.6 Å². The number of amides is 1. The van der Waals surface area contributed by atoms with Crippen LogP contribution in [0.5, 0.6) is 0 Å². The van der Waals surface area contributed by atoms with Gasteiger partial charge in [-0.25, -0.2) is 4.79 Å². The Labute approximate surface area is 112 Å². The largest absolute Gasteiger partial charge is 0.463 e. The van der Waals surface area contributed by atoms with Gasteiger partial charge in [0.25, 0.3) is 0 Å². The van der Waals surface area contributed by atoms with Crippen molar-refractivity contribution in [2.24, 2.45) is 0 Å². The fourth-order valence-electron chi connectivity index (χ4n) is 1.51. The van der Waals surface area contributed by atoms with Gasteiger partial charge in [-0.2, -0.15) is 0 Å². The molecule has 6 nitrogen and oxygen atoms in total. The molecule has 0 saturated heterocycles. The van der Waals surface area contributed by atoms with E-state index in [0.717, 1.165) is 0 Å². The van der Waals surface area contributed by atoms with E-state index in [1.807, 2.05) is 6.92 Å². The van der Waals surface area contributed by atoms with Gasteiger partial charge < -0.3 is 14.1 Å². The predicted octanol–water partition coefficient (Wildman–Crippen LogP) is 1.02. The Kier molecular flexibility index (Phi) is 5.57. The molecule has 1 N–H and O–H groups in total. The fourth-order valence-corrected chi connectivity index (χ4v) is 1.51. The van der Waals surface area contributed by atoms with Crippen LogP contribution in [0.4, 0.5) is 0 Å². The second-order valence-corrected chi connectivity index (χ2v) is 4.21. The SMILES string of the molecule is CCN(C)C(=O)C(C)NCc1ccc(C(=O)OC)o1. The van der Waals surface area contributed by atoms with E-state index in [2.05, 4.69) is 10.1 Å². The number of hydrogen-bond donors (Lipinski definition) is 1. The van der Waals surface area contributed by atoms with Crippen molar-refractivity contribution < 1.29 is 18.7 Å². The smallest absolute Gasteiger partial charge is 0.373 e. The van der Waals surface area contributed by atoms with Gasteiger partial charge in [0.05, 0.1) is 19.7 Å². The van der Waals surface area contributed by atoms with Gasteiger partial charge in [-0.15, -0.1) is 0 Å². The molecule has 0 bridgehead atoms. The zero-order chi connectivity index (χ0) is 14.4. The van der Waals surface area contributed by atoms with E-state index in [1.165, 1.54) is 7.11 Å². The fraction of sp³-hybridized carbons (Fsp3) is 0.538. The molecule has 0 radical (unpaired) electrons. The molecule has 1 heterocycles. The molecule has 0 saturated carbocycles. The molecule has 1 aromatic rings. The average Bonchev–Trinajstić information content (AvgIpc) is 2.90.